The third-order valence-electron chi connectivity index (χ3n) is 2.34. The first kappa shape index (κ1) is 25.7. The van der Waals surface area contributed by atoms with Crippen LogP contribution in [0.3, 0.4) is 0 Å². The second-order valence-corrected chi connectivity index (χ2v) is 4.36. The summed E-state index contributed by atoms with van der Waals surface area (Å²) < 4.78 is 28.3. The zero-order valence-electron chi connectivity index (χ0n) is 14.4. The Balaban J connectivity index is -0.000000536. The van der Waals surface area contributed by atoms with Crippen LogP contribution in [-0.2, 0) is 20.1 Å². The molecule has 0 N–H and O–H groups in total. The quantitative estimate of drug-likeness (QED) is 0.231. The van der Waals surface area contributed by atoms with Crippen LogP contribution in [0, 0.1) is 17.6 Å². The van der Waals surface area contributed by atoms with E-state index in [0.29, 0.717) is 16.8 Å². The molecule has 0 atom stereocenters. The first-order valence-corrected chi connectivity index (χ1v) is 6.86. The van der Waals surface area contributed by atoms with Gasteiger partial charge in [0.2, 0.25) is 0 Å². The van der Waals surface area contributed by atoms with Crippen molar-refractivity contribution in [2.45, 2.75) is 34.6 Å². The summed E-state index contributed by atoms with van der Waals surface area (Å²) in [5.41, 5.74) is 1.26. The molecule has 1 radical (unpaired) electrons. The SMILES string of the molecule is C=C(c1c(F)cc(F)cc1[C-](C)C)[N+](=C)C.C=CC.CC.[Ir]. The first-order chi connectivity index (χ1) is 9.76. The minimum Gasteiger partial charge on any atom is -0.221 e. The van der Waals surface area contributed by atoms with Crippen molar-refractivity contribution >= 4 is 12.4 Å². The molecule has 0 fully saturated rings. The van der Waals surface area contributed by atoms with Gasteiger partial charge in [0.15, 0.2) is 5.70 Å². The maximum absolute atomic E-state index is 13.7. The normalized spacial score (nSPS) is 8.18. The number of nitrogens with zero attached hydrogens (tertiary/aromatic N) is 1. The van der Waals surface area contributed by atoms with E-state index in [0.717, 1.165) is 12.0 Å². The van der Waals surface area contributed by atoms with Gasteiger partial charge in [-0.15, -0.1) is 12.6 Å². The third kappa shape index (κ3) is 8.26. The molecule has 127 valence electrons. The zero-order chi connectivity index (χ0) is 17.2. The minimum absolute atomic E-state index is 0. The van der Waals surface area contributed by atoms with E-state index in [2.05, 4.69) is 19.9 Å². The van der Waals surface area contributed by atoms with Gasteiger partial charge < -0.3 is 0 Å². The smallest absolute Gasteiger partial charge is 0.153 e. The Labute approximate surface area is 147 Å². The van der Waals surface area contributed by atoms with Crippen LogP contribution in [0.2, 0.25) is 0 Å². The molecule has 0 unspecified atom stereocenters. The van der Waals surface area contributed by atoms with Crippen LogP contribution in [0.1, 0.15) is 45.7 Å². The van der Waals surface area contributed by atoms with Gasteiger partial charge in [0.05, 0.1) is 11.6 Å². The molecule has 1 nitrogen and oxygen atoms in total. The van der Waals surface area contributed by atoms with Crippen LogP contribution in [0.5, 0.6) is 0 Å². The van der Waals surface area contributed by atoms with E-state index >= 15 is 0 Å². The van der Waals surface area contributed by atoms with E-state index in [1.807, 2.05) is 20.8 Å². The second kappa shape index (κ2) is 13.4. The van der Waals surface area contributed by atoms with Gasteiger partial charge in [-0.3, -0.25) is 0 Å². The van der Waals surface area contributed by atoms with Gasteiger partial charge in [0, 0.05) is 20.1 Å². The number of allylic oxidation sites excluding steroid dienone is 1. The van der Waals surface area contributed by atoms with Gasteiger partial charge in [0.1, 0.15) is 13.8 Å². The molecule has 0 saturated carbocycles. The van der Waals surface area contributed by atoms with E-state index in [-0.39, 0.29) is 20.1 Å². The molecule has 0 bridgehead atoms. The van der Waals surface area contributed by atoms with Crippen molar-refractivity contribution in [1.82, 2.24) is 0 Å². The molecule has 0 aliphatic rings. The molecular weight excluding hydrogens is 460 g/mol. The Morgan fingerprint density at radius 1 is 1.23 bits per heavy atom. The topological polar surface area (TPSA) is 3.01 Å². The fourth-order valence-electron chi connectivity index (χ4n) is 1.45. The third-order valence-corrected chi connectivity index (χ3v) is 2.34. The van der Waals surface area contributed by atoms with Crippen molar-refractivity contribution in [3.05, 3.63) is 60.0 Å². The monoisotopic (exact) mass is 488 g/mol. The maximum Gasteiger partial charge on any atom is 0.153 e. The molecule has 1 aromatic rings. The molecule has 1 rings (SSSR count). The Bertz CT molecular complexity index is 494. The average molecular weight is 488 g/mol. The van der Waals surface area contributed by atoms with E-state index in [1.165, 1.54) is 10.6 Å². The van der Waals surface area contributed by atoms with E-state index in [4.69, 9.17) is 0 Å². The molecular formula is C18H27F2IrN. The minimum atomic E-state index is -0.614. The summed E-state index contributed by atoms with van der Waals surface area (Å²) in [6, 6.07) is 2.17. The molecule has 0 aromatic heterocycles. The second-order valence-electron chi connectivity index (χ2n) is 4.36. The zero-order valence-corrected chi connectivity index (χ0v) is 16.8. The van der Waals surface area contributed by atoms with E-state index in [9.17, 15) is 8.78 Å². The molecule has 0 aliphatic heterocycles. The van der Waals surface area contributed by atoms with Crippen molar-refractivity contribution in [2.75, 3.05) is 7.05 Å². The van der Waals surface area contributed by atoms with Gasteiger partial charge in [-0.05, 0) is 25.1 Å². The molecule has 4 heteroatoms. The van der Waals surface area contributed by atoms with Gasteiger partial charge >= 0.3 is 0 Å². The number of benzene rings is 1. The predicted octanol–water partition coefficient (Wildman–Crippen LogP) is 5.46. The number of hydrogen-bond donors (Lipinski definition) is 0. The first-order valence-electron chi connectivity index (χ1n) is 6.86. The van der Waals surface area contributed by atoms with Gasteiger partial charge in [-0.25, -0.2) is 13.4 Å². The summed E-state index contributed by atoms with van der Waals surface area (Å²) in [7, 11) is 1.67. The standard InChI is InChI=1S/C13H15F2N.C3H6.C2H6.Ir/c1-8(2)11-6-10(14)7-12(15)13(11)9(3)16(4)5;1-3-2;1-2;/h6-7H,3-4H2,1-2,5H3;3H,1H2,2H3;1-2H3;. The van der Waals surface area contributed by atoms with Crippen LogP contribution in [0.25, 0.3) is 5.70 Å². The Morgan fingerprint density at radius 3 is 1.95 bits per heavy atom. The largest absolute Gasteiger partial charge is 0.221 e. The van der Waals surface area contributed by atoms with Gasteiger partial charge in [0.25, 0.3) is 0 Å². The predicted molar refractivity (Wildman–Crippen MR) is 89.6 cm³/mol. The van der Waals surface area contributed by atoms with Crippen molar-refractivity contribution in [3.63, 3.8) is 0 Å². The fourth-order valence-corrected chi connectivity index (χ4v) is 1.45. The van der Waals surface area contributed by atoms with Gasteiger partial charge in [-0.1, -0.05) is 33.8 Å². The van der Waals surface area contributed by atoms with Crippen LogP contribution in [0.15, 0.2) is 31.4 Å². The summed E-state index contributed by atoms with van der Waals surface area (Å²) in [4.78, 5) is 0. The van der Waals surface area contributed by atoms with E-state index in [1.54, 1.807) is 27.0 Å². The summed E-state index contributed by atoms with van der Waals surface area (Å²) >= 11 is 0. The summed E-state index contributed by atoms with van der Waals surface area (Å²) in [5, 5.41) is 0. The van der Waals surface area contributed by atoms with Crippen molar-refractivity contribution in [1.29, 1.82) is 0 Å². The van der Waals surface area contributed by atoms with E-state index < -0.39 is 11.6 Å². The van der Waals surface area contributed by atoms with Crippen molar-refractivity contribution < 1.29 is 33.5 Å². The summed E-state index contributed by atoms with van der Waals surface area (Å²) in [6.45, 7) is 20.2. The maximum atomic E-state index is 13.7. The van der Waals surface area contributed by atoms with Crippen LogP contribution < -0.4 is 0 Å². The van der Waals surface area contributed by atoms with Crippen molar-refractivity contribution in [2.24, 2.45) is 0 Å². The molecule has 0 aliphatic carbocycles. The van der Waals surface area contributed by atoms with Gasteiger partial charge in [-0.2, -0.15) is 11.5 Å². The summed E-state index contributed by atoms with van der Waals surface area (Å²) in [5.74, 6) is -0.370. The molecule has 0 heterocycles. The van der Waals surface area contributed by atoms with Crippen LogP contribution in [-0.4, -0.2) is 18.3 Å². The molecule has 1 aromatic carbocycles. The van der Waals surface area contributed by atoms with Crippen LogP contribution >= 0.6 is 0 Å². The number of hydrogen-bond acceptors (Lipinski definition) is 0. The van der Waals surface area contributed by atoms with Crippen LogP contribution in [0.4, 0.5) is 8.78 Å². The Kier molecular flexibility index (Phi) is 15.7. The molecule has 0 saturated heterocycles. The molecule has 0 amide bonds. The summed E-state index contributed by atoms with van der Waals surface area (Å²) in [6.07, 6.45) is 1.75. The molecule has 22 heavy (non-hydrogen) atoms. The molecule has 0 spiro atoms. The van der Waals surface area contributed by atoms with Crippen molar-refractivity contribution in [3.8, 4) is 0 Å². The average Bonchev–Trinajstić information content (AvgIpc) is 2.40. The number of rotatable bonds is 3. The fraction of sp³-hybridized carbons (Fsp3) is 0.333. The Morgan fingerprint density at radius 2 is 1.64 bits per heavy atom. The Hall–Kier alpha value is -1.25. The number of halogens is 2.